The van der Waals surface area contributed by atoms with Crippen LogP contribution in [0.4, 0.5) is 0 Å². The van der Waals surface area contributed by atoms with Crippen molar-refractivity contribution in [2.45, 2.75) is 55.8 Å². The van der Waals surface area contributed by atoms with Crippen molar-refractivity contribution in [2.24, 2.45) is 0 Å². The molecule has 5 nitrogen and oxygen atoms in total. The van der Waals surface area contributed by atoms with Crippen LogP contribution >= 0.6 is 23.2 Å². The van der Waals surface area contributed by atoms with Crippen LogP contribution in [0.15, 0.2) is 41.6 Å². The van der Waals surface area contributed by atoms with Crippen LogP contribution in [0.1, 0.15) is 49.0 Å². The van der Waals surface area contributed by atoms with Crippen LogP contribution in [0, 0.1) is 0 Å². The van der Waals surface area contributed by atoms with Crippen molar-refractivity contribution in [1.82, 2.24) is 9.88 Å². The molecule has 3 rings (SSSR count). The van der Waals surface area contributed by atoms with E-state index < -0.39 is 9.84 Å². The molecule has 150 valence electrons. The fourth-order valence-corrected chi connectivity index (χ4v) is 6.30. The van der Waals surface area contributed by atoms with Crippen LogP contribution in [0.3, 0.4) is 0 Å². The maximum absolute atomic E-state index is 13.0. The maximum Gasteiger partial charge on any atom is 0.255 e. The number of pyridine rings is 1. The molecule has 0 aliphatic carbocycles. The predicted molar refractivity (Wildman–Crippen MR) is 111 cm³/mol. The van der Waals surface area contributed by atoms with Gasteiger partial charge >= 0.3 is 0 Å². The minimum absolute atomic E-state index is 0.0728. The second-order valence-corrected chi connectivity index (χ2v) is 9.97. The van der Waals surface area contributed by atoms with Crippen LogP contribution in [-0.2, 0) is 15.6 Å². The fraction of sp³-hybridized carbons (Fsp3) is 0.400. The molecule has 0 radical (unpaired) electrons. The first-order chi connectivity index (χ1) is 13.2. The van der Waals surface area contributed by atoms with Gasteiger partial charge in [-0.2, -0.15) is 0 Å². The lowest BCUT2D eigenvalue weighted by atomic mass is 9.96. The van der Waals surface area contributed by atoms with Crippen LogP contribution in [0.2, 0.25) is 10.0 Å². The number of hydrogen-bond acceptors (Lipinski definition) is 4. The molecule has 8 heteroatoms. The third kappa shape index (κ3) is 4.34. The van der Waals surface area contributed by atoms with Crippen molar-refractivity contribution in [2.75, 3.05) is 0 Å². The first-order valence-electron chi connectivity index (χ1n) is 9.14. The molecule has 2 atom stereocenters. The number of hydrogen-bond donors (Lipinski definition) is 0. The lowest BCUT2D eigenvalue weighted by Gasteiger charge is -2.39. The zero-order valence-corrected chi connectivity index (χ0v) is 18.1. The molecule has 0 N–H and O–H groups in total. The molecule has 1 amide bonds. The third-order valence-electron chi connectivity index (χ3n) is 5.06. The second-order valence-electron chi connectivity index (χ2n) is 7.23. The summed E-state index contributed by atoms with van der Waals surface area (Å²) in [6.07, 6.45) is 5.95. The van der Waals surface area contributed by atoms with Crippen molar-refractivity contribution in [3.63, 3.8) is 0 Å². The Morgan fingerprint density at radius 2 is 1.75 bits per heavy atom. The molecule has 0 saturated carbocycles. The fourth-order valence-electron chi connectivity index (χ4n) is 3.73. The van der Waals surface area contributed by atoms with E-state index in [9.17, 15) is 13.2 Å². The van der Waals surface area contributed by atoms with Crippen molar-refractivity contribution in [1.29, 1.82) is 0 Å². The van der Waals surface area contributed by atoms with Gasteiger partial charge in [-0.3, -0.25) is 9.78 Å². The molecule has 1 saturated heterocycles. The summed E-state index contributed by atoms with van der Waals surface area (Å²) < 4.78 is 25.7. The third-order valence-corrected chi connectivity index (χ3v) is 7.69. The van der Waals surface area contributed by atoms with Crippen LogP contribution in [-0.4, -0.2) is 36.3 Å². The van der Waals surface area contributed by atoms with Gasteiger partial charge < -0.3 is 4.90 Å². The number of sulfone groups is 1. The minimum Gasteiger partial charge on any atom is -0.333 e. The molecule has 28 heavy (non-hydrogen) atoms. The molecule has 2 heterocycles. The molecule has 0 unspecified atom stereocenters. The molecule has 1 aliphatic rings. The van der Waals surface area contributed by atoms with E-state index in [0.717, 1.165) is 19.3 Å². The number of piperidine rings is 1. The topological polar surface area (TPSA) is 67.3 Å². The van der Waals surface area contributed by atoms with Crippen LogP contribution in [0.25, 0.3) is 0 Å². The average Bonchev–Trinajstić information content (AvgIpc) is 2.61. The minimum atomic E-state index is -3.79. The Morgan fingerprint density at radius 1 is 1.14 bits per heavy atom. The van der Waals surface area contributed by atoms with Crippen molar-refractivity contribution < 1.29 is 13.2 Å². The molecule has 1 fully saturated rings. The number of rotatable bonds is 4. The first kappa shape index (κ1) is 21.1. The Labute approximate surface area is 175 Å². The van der Waals surface area contributed by atoms with Crippen molar-refractivity contribution in [3.05, 3.63) is 57.8 Å². The standard InChI is InChI=1S/C20H22Cl2N2O3S/c1-13-5-3-6-14(2)24(13)20(25)16-9-15(10-23-11-16)12-28(26,27)19-17(21)7-4-8-18(19)22/h4,7-11,13-14H,3,5-6,12H2,1-2H3/t13-,14+. The molecule has 2 aromatic rings. The Hall–Kier alpha value is -1.63. The highest BCUT2D eigenvalue weighted by Gasteiger charge is 2.30. The number of carbonyl (C=O) groups is 1. The van der Waals surface area contributed by atoms with E-state index in [1.807, 2.05) is 18.7 Å². The Kier molecular flexibility index (Phi) is 6.32. The summed E-state index contributed by atoms with van der Waals surface area (Å²) in [7, 11) is -3.79. The van der Waals surface area contributed by atoms with Crippen molar-refractivity contribution >= 4 is 38.9 Å². The Balaban J connectivity index is 1.88. The predicted octanol–water partition coefficient (Wildman–Crippen LogP) is 4.77. The normalized spacial score (nSPS) is 20.2. The smallest absolute Gasteiger partial charge is 0.255 e. The average molecular weight is 441 g/mol. The molecule has 0 bridgehead atoms. The SMILES string of the molecule is C[C@@H]1CCC[C@H](C)N1C(=O)c1cncc(CS(=O)(=O)c2c(Cl)cccc2Cl)c1. The molecular weight excluding hydrogens is 419 g/mol. The van der Waals surface area contributed by atoms with Gasteiger partial charge in [-0.25, -0.2) is 8.42 Å². The van der Waals surface area contributed by atoms with Gasteiger partial charge in [0.1, 0.15) is 4.90 Å². The number of amides is 1. The monoisotopic (exact) mass is 440 g/mol. The number of aromatic nitrogens is 1. The lowest BCUT2D eigenvalue weighted by molar-refractivity contribution is 0.0510. The summed E-state index contributed by atoms with van der Waals surface area (Å²) in [6, 6.07) is 6.43. The highest BCUT2D eigenvalue weighted by atomic mass is 35.5. The number of carbonyl (C=O) groups excluding carboxylic acids is 1. The van der Waals surface area contributed by atoms with E-state index in [-0.39, 0.29) is 38.7 Å². The Morgan fingerprint density at radius 3 is 2.36 bits per heavy atom. The van der Waals surface area contributed by atoms with E-state index in [0.29, 0.717) is 11.1 Å². The number of likely N-dealkylation sites (tertiary alicyclic amines) is 1. The Bertz CT molecular complexity index is 964. The highest BCUT2D eigenvalue weighted by Crippen LogP contribution is 2.31. The summed E-state index contributed by atoms with van der Waals surface area (Å²) in [6.45, 7) is 4.07. The van der Waals surface area contributed by atoms with Gasteiger partial charge in [-0.1, -0.05) is 29.3 Å². The number of halogens is 2. The van der Waals surface area contributed by atoms with Gasteiger partial charge in [0.25, 0.3) is 5.91 Å². The van der Waals surface area contributed by atoms with E-state index in [1.54, 1.807) is 12.1 Å². The van der Waals surface area contributed by atoms with Crippen molar-refractivity contribution in [3.8, 4) is 0 Å². The van der Waals surface area contributed by atoms with Gasteiger partial charge in [0.15, 0.2) is 9.84 Å². The van der Waals surface area contributed by atoms with E-state index in [4.69, 9.17) is 23.2 Å². The molecular formula is C20H22Cl2N2O3S. The zero-order valence-electron chi connectivity index (χ0n) is 15.7. The van der Waals surface area contributed by atoms with Gasteiger partial charge in [0, 0.05) is 24.5 Å². The van der Waals surface area contributed by atoms with Gasteiger partial charge in [-0.15, -0.1) is 0 Å². The first-order valence-corrected chi connectivity index (χ1v) is 11.5. The number of nitrogens with zero attached hydrogens (tertiary/aromatic N) is 2. The van der Waals surface area contributed by atoms with Gasteiger partial charge in [-0.05, 0) is 56.9 Å². The summed E-state index contributed by atoms with van der Waals surface area (Å²) in [5.74, 6) is -0.461. The van der Waals surface area contributed by atoms with Crippen LogP contribution < -0.4 is 0 Å². The molecule has 1 aromatic carbocycles. The summed E-state index contributed by atoms with van der Waals surface area (Å²) in [5.41, 5.74) is 0.803. The van der Waals surface area contributed by atoms with E-state index in [1.165, 1.54) is 24.5 Å². The highest BCUT2D eigenvalue weighted by molar-refractivity contribution is 7.90. The lowest BCUT2D eigenvalue weighted by Crippen LogP contribution is -2.47. The summed E-state index contributed by atoms with van der Waals surface area (Å²) in [4.78, 5) is 18.9. The molecule has 0 spiro atoms. The second kappa shape index (κ2) is 8.39. The van der Waals surface area contributed by atoms with E-state index >= 15 is 0 Å². The summed E-state index contributed by atoms with van der Waals surface area (Å²) in [5, 5.41) is 0.146. The molecule has 1 aromatic heterocycles. The summed E-state index contributed by atoms with van der Waals surface area (Å²) >= 11 is 12.1. The zero-order chi connectivity index (χ0) is 20.5. The maximum atomic E-state index is 13.0. The largest absolute Gasteiger partial charge is 0.333 e. The van der Waals surface area contributed by atoms with Crippen LogP contribution in [0.5, 0.6) is 0 Å². The molecule has 1 aliphatic heterocycles. The van der Waals surface area contributed by atoms with Gasteiger partial charge in [0.2, 0.25) is 0 Å². The number of benzene rings is 1. The quantitative estimate of drug-likeness (QED) is 0.686. The van der Waals surface area contributed by atoms with E-state index in [2.05, 4.69) is 4.98 Å². The van der Waals surface area contributed by atoms with Gasteiger partial charge in [0.05, 0.1) is 21.4 Å².